The van der Waals surface area contributed by atoms with E-state index in [2.05, 4.69) is 41.4 Å². The van der Waals surface area contributed by atoms with E-state index in [0.29, 0.717) is 0 Å². The van der Waals surface area contributed by atoms with Gasteiger partial charge in [0.25, 0.3) is 0 Å². The van der Waals surface area contributed by atoms with Crippen LogP contribution in [0.15, 0.2) is 42.5 Å². The summed E-state index contributed by atoms with van der Waals surface area (Å²) in [4.78, 5) is 13.9. The highest BCUT2D eigenvalue weighted by molar-refractivity contribution is 6.07. The Labute approximate surface area is 123 Å². The van der Waals surface area contributed by atoms with Gasteiger partial charge in [0.2, 0.25) is 0 Å². The van der Waals surface area contributed by atoms with Crippen molar-refractivity contribution in [3.63, 3.8) is 0 Å². The molecule has 1 heterocycles. The van der Waals surface area contributed by atoms with E-state index >= 15 is 0 Å². The lowest BCUT2D eigenvalue weighted by molar-refractivity contribution is -0.137. The second kappa shape index (κ2) is 6.00. The van der Waals surface area contributed by atoms with Crippen LogP contribution in [0.25, 0.3) is 21.8 Å². The third-order valence-electron chi connectivity index (χ3n) is 3.93. The lowest BCUT2D eigenvalue weighted by Gasteiger charge is -2.02. The fourth-order valence-corrected chi connectivity index (χ4v) is 2.83. The first-order chi connectivity index (χ1) is 10.2. The topological polar surface area (TPSA) is 53.1 Å². The molecule has 1 aromatic heterocycles. The molecule has 0 unspecified atom stereocenters. The Bertz CT molecular complexity index is 773. The number of aromatic amines is 1. The maximum absolute atomic E-state index is 10.5. The van der Waals surface area contributed by atoms with Crippen LogP contribution in [0.4, 0.5) is 0 Å². The van der Waals surface area contributed by atoms with Gasteiger partial charge in [0.05, 0.1) is 0 Å². The van der Waals surface area contributed by atoms with Gasteiger partial charge in [-0.25, -0.2) is 0 Å². The van der Waals surface area contributed by atoms with E-state index in [1.54, 1.807) is 0 Å². The largest absolute Gasteiger partial charge is 0.481 e. The zero-order valence-corrected chi connectivity index (χ0v) is 11.9. The van der Waals surface area contributed by atoms with E-state index in [1.807, 2.05) is 6.07 Å². The third kappa shape index (κ3) is 3.07. The van der Waals surface area contributed by atoms with Crippen molar-refractivity contribution in [3.8, 4) is 0 Å². The quantitative estimate of drug-likeness (QED) is 0.653. The van der Waals surface area contributed by atoms with Gasteiger partial charge in [-0.15, -0.1) is 0 Å². The maximum Gasteiger partial charge on any atom is 0.303 e. The molecule has 2 aromatic carbocycles. The SMILES string of the molecule is O=C(O)CCCCCc1ccc2[nH]c3ccccc3c2c1. The average Bonchev–Trinajstić information content (AvgIpc) is 2.84. The van der Waals surface area contributed by atoms with E-state index in [9.17, 15) is 4.79 Å². The number of unbranched alkanes of at least 4 members (excludes halogenated alkanes) is 2. The zero-order chi connectivity index (χ0) is 14.7. The number of carboxylic acid groups (broad SMARTS) is 1. The number of rotatable bonds is 6. The van der Waals surface area contributed by atoms with Crippen LogP contribution >= 0.6 is 0 Å². The summed E-state index contributed by atoms with van der Waals surface area (Å²) in [5, 5.41) is 11.2. The van der Waals surface area contributed by atoms with Crippen molar-refractivity contribution in [1.82, 2.24) is 4.98 Å². The predicted octanol–water partition coefficient (Wildman–Crippen LogP) is 4.51. The summed E-state index contributed by atoms with van der Waals surface area (Å²) in [7, 11) is 0. The van der Waals surface area contributed by atoms with Gasteiger partial charge in [-0.3, -0.25) is 4.79 Å². The van der Waals surface area contributed by atoms with E-state index < -0.39 is 5.97 Å². The Hall–Kier alpha value is -2.29. The Morgan fingerprint density at radius 2 is 1.76 bits per heavy atom. The number of aromatic nitrogens is 1. The summed E-state index contributed by atoms with van der Waals surface area (Å²) >= 11 is 0. The van der Waals surface area contributed by atoms with Crippen LogP contribution in [0.3, 0.4) is 0 Å². The number of nitrogens with one attached hydrogen (secondary N) is 1. The van der Waals surface area contributed by atoms with Crippen molar-refractivity contribution in [1.29, 1.82) is 0 Å². The fourth-order valence-electron chi connectivity index (χ4n) is 2.83. The molecule has 0 fully saturated rings. The normalized spacial score (nSPS) is 11.2. The summed E-state index contributed by atoms with van der Waals surface area (Å²) in [6, 6.07) is 14.9. The molecule has 0 atom stereocenters. The molecular formula is C18H19NO2. The number of carboxylic acids is 1. The summed E-state index contributed by atoms with van der Waals surface area (Å²) in [5.41, 5.74) is 3.67. The molecule has 0 radical (unpaired) electrons. The maximum atomic E-state index is 10.5. The van der Waals surface area contributed by atoms with Crippen LogP contribution in [0, 0.1) is 0 Å². The number of hydrogen-bond donors (Lipinski definition) is 2. The fraction of sp³-hybridized carbons (Fsp3) is 0.278. The number of hydrogen-bond acceptors (Lipinski definition) is 1. The Morgan fingerprint density at radius 1 is 0.952 bits per heavy atom. The number of para-hydroxylation sites is 1. The van der Waals surface area contributed by atoms with Gasteiger partial charge in [-0.2, -0.15) is 0 Å². The lowest BCUT2D eigenvalue weighted by atomic mass is 10.0. The molecule has 3 rings (SSSR count). The smallest absolute Gasteiger partial charge is 0.303 e. The van der Waals surface area contributed by atoms with Gasteiger partial charge in [0.1, 0.15) is 0 Å². The molecule has 0 saturated carbocycles. The number of aliphatic carboxylic acids is 1. The molecule has 2 N–H and O–H groups in total. The minimum atomic E-state index is -0.699. The van der Waals surface area contributed by atoms with Crippen molar-refractivity contribution >= 4 is 27.8 Å². The third-order valence-corrected chi connectivity index (χ3v) is 3.93. The molecule has 0 bridgehead atoms. The van der Waals surface area contributed by atoms with E-state index in [-0.39, 0.29) is 6.42 Å². The molecular weight excluding hydrogens is 262 g/mol. The molecule has 0 saturated heterocycles. The first kappa shape index (κ1) is 13.7. The van der Waals surface area contributed by atoms with Crippen LogP contribution in [0.2, 0.25) is 0 Å². The predicted molar refractivity (Wildman–Crippen MR) is 85.6 cm³/mol. The monoisotopic (exact) mass is 281 g/mol. The van der Waals surface area contributed by atoms with Crippen LogP contribution in [0.5, 0.6) is 0 Å². The van der Waals surface area contributed by atoms with Crippen LogP contribution in [0.1, 0.15) is 31.2 Å². The molecule has 3 heteroatoms. The summed E-state index contributed by atoms with van der Waals surface area (Å²) in [6.45, 7) is 0. The molecule has 0 aliphatic carbocycles. The minimum absolute atomic E-state index is 0.279. The standard InChI is InChI=1S/C18H19NO2/c20-18(21)9-3-1-2-6-13-10-11-17-15(12-13)14-7-4-5-8-16(14)19-17/h4-5,7-8,10-12,19H,1-3,6,9H2,(H,20,21). The number of aryl methyl sites for hydroxylation is 1. The Morgan fingerprint density at radius 3 is 2.62 bits per heavy atom. The molecule has 0 spiro atoms. The second-order valence-electron chi connectivity index (χ2n) is 5.50. The van der Waals surface area contributed by atoms with E-state index in [4.69, 9.17) is 5.11 Å². The van der Waals surface area contributed by atoms with Gasteiger partial charge in [-0.05, 0) is 43.0 Å². The highest BCUT2D eigenvalue weighted by Gasteiger charge is 2.04. The summed E-state index contributed by atoms with van der Waals surface area (Å²) < 4.78 is 0. The number of H-pyrrole nitrogens is 1. The number of carbonyl (C=O) groups is 1. The van der Waals surface area contributed by atoms with E-state index in [0.717, 1.165) is 25.7 Å². The lowest BCUT2D eigenvalue weighted by Crippen LogP contribution is -1.94. The summed E-state index contributed by atoms with van der Waals surface area (Å²) in [5.74, 6) is -0.699. The van der Waals surface area contributed by atoms with Gasteiger partial charge in [-0.1, -0.05) is 30.7 Å². The first-order valence-electron chi connectivity index (χ1n) is 7.45. The van der Waals surface area contributed by atoms with Crippen molar-refractivity contribution in [2.45, 2.75) is 32.1 Å². The van der Waals surface area contributed by atoms with Crippen LogP contribution < -0.4 is 0 Å². The van der Waals surface area contributed by atoms with Crippen molar-refractivity contribution in [2.75, 3.05) is 0 Å². The zero-order valence-electron chi connectivity index (χ0n) is 11.9. The highest BCUT2D eigenvalue weighted by Crippen LogP contribution is 2.26. The highest BCUT2D eigenvalue weighted by atomic mass is 16.4. The molecule has 108 valence electrons. The molecule has 3 nitrogen and oxygen atoms in total. The number of fused-ring (bicyclic) bond motifs is 3. The Kier molecular flexibility index (Phi) is 3.91. The molecule has 0 aliphatic rings. The summed E-state index contributed by atoms with van der Waals surface area (Å²) in [6.07, 6.45) is 4.07. The van der Waals surface area contributed by atoms with Crippen molar-refractivity contribution in [2.24, 2.45) is 0 Å². The van der Waals surface area contributed by atoms with Crippen molar-refractivity contribution < 1.29 is 9.90 Å². The van der Waals surface area contributed by atoms with Gasteiger partial charge < -0.3 is 10.1 Å². The van der Waals surface area contributed by atoms with Gasteiger partial charge >= 0.3 is 5.97 Å². The molecule has 0 aliphatic heterocycles. The molecule has 21 heavy (non-hydrogen) atoms. The van der Waals surface area contributed by atoms with Gasteiger partial charge in [0, 0.05) is 28.2 Å². The minimum Gasteiger partial charge on any atom is -0.481 e. The number of benzene rings is 2. The van der Waals surface area contributed by atoms with E-state index in [1.165, 1.54) is 27.4 Å². The average molecular weight is 281 g/mol. The van der Waals surface area contributed by atoms with Crippen LogP contribution in [-0.4, -0.2) is 16.1 Å². The second-order valence-corrected chi connectivity index (χ2v) is 5.50. The molecule has 0 amide bonds. The van der Waals surface area contributed by atoms with Crippen molar-refractivity contribution in [3.05, 3.63) is 48.0 Å². The van der Waals surface area contributed by atoms with Crippen LogP contribution in [-0.2, 0) is 11.2 Å². The molecule has 3 aromatic rings. The van der Waals surface area contributed by atoms with Gasteiger partial charge in [0.15, 0.2) is 0 Å². The Balaban J connectivity index is 1.72. The first-order valence-corrected chi connectivity index (χ1v) is 7.45.